The van der Waals surface area contributed by atoms with Crippen LogP contribution in [0.15, 0.2) is 66.9 Å². The quantitative estimate of drug-likeness (QED) is 0.0888. The van der Waals surface area contributed by atoms with E-state index in [2.05, 4.69) is 5.32 Å². The number of nitrogens with two attached hydrogens (primary N) is 1. The van der Waals surface area contributed by atoms with Crippen LogP contribution in [0.3, 0.4) is 0 Å². The van der Waals surface area contributed by atoms with Crippen molar-refractivity contribution < 1.29 is 46.9 Å². The van der Waals surface area contributed by atoms with Crippen LogP contribution < -0.4 is 11.1 Å². The highest BCUT2D eigenvalue weighted by Gasteiger charge is 2.38. The summed E-state index contributed by atoms with van der Waals surface area (Å²) in [5.41, 5.74) is 7.97. The molecule has 3 aromatic rings. The van der Waals surface area contributed by atoms with Gasteiger partial charge in [-0.2, -0.15) is 0 Å². The minimum atomic E-state index is -0.799. The Morgan fingerprint density at radius 3 is 2.12 bits per heavy atom. The maximum Gasteiger partial charge on any atom is 0.253 e. The predicted molar refractivity (Wildman–Crippen MR) is 217 cm³/mol. The maximum absolute atomic E-state index is 15.2. The fourth-order valence-corrected chi connectivity index (χ4v) is 6.39. The summed E-state index contributed by atoms with van der Waals surface area (Å²) in [4.78, 5) is 57.6. The monoisotopic (exact) mass is 824 g/mol. The molecule has 2 aromatic carbocycles. The number of benzene rings is 2. The first-order valence-electron chi connectivity index (χ1n) is 19.9. The Hall–Kier alpha value is -4.87. The zero-order chi connectivity index (χ0) is 42.8. The molecule has 0 aliphatic carbocycles. The molecule has 4 amide bonds. The summed E-state index contributed by atoms with van der Waals surface area (Å²) in [7, 11) is 0. The van der Waals surface area contributed by atoms with E-state index in [1.54, 1.807) is 23.2 Å². The average Bonchev–Trinajstić information content (AvgIpc) is 3.76. The van der Waals surface area contributed by atoms with Crippen molar-refractivity contribution in [1.29, 1.82) is 0 Å². The van der Waals surface area contributed by atoms with Gasteiger partial charge in [0.05, 0.1) is 77.7 Å². The summed E-state index contributed by atoms with van der Waals surface area (Å²) in [6.45, 7) is 9.54. The number of ether oxygens (including phenoxy) is 4. The van der Waals surface area contributed by atoms with Crippen LogP contribution in [-0.2, 0) is 44.7 Å². The number of imide groups is 1. The number of amides is 4. The van der Waals surface area contributed by atoms with Gasteiger partial charge >= 0.3 is 0 Å². The third kappa shape index (κ3) is 15.0. The van der Waals surface area contributed by atoms with E-state index in [1.165, 1.54) is 18.2 Å². The maximum atomic E-state index is 15.2. The first-order valence-corrected chi connectivity index (χ1v) is 19.9. The fourth-order valence-electron chi connectivity index (χ4n) is 6.39. The normalized spacial score (nSPS) is 13.9. The number of aryl methyl sites for hydroxylation is 1. The second kappa shape index (κ2) is 23.7. The Kier molecular flexibility index (Phi) is 18.8. The number of hydrogen-bond donors (Lipinski definition) is 2. The van der Waals surface area contributed by atoms with Crippen LogP contribution in [0.4, 0.5) is 8.78 Å². The zero-order valence-corrected chi connectivity index (χ0v) is 34.5. The molecule has 14 nitrogen and oxygen atoms in total. The van der Waals surface area contributed by atoms with Gasteiger partial charge in [-0.15, -0.1) is 0 Å². The lowest BCUT2D eigenvalue weighted by atomic mass is 9.84. The number of imidazole rings is 1. The molecular formula is C43H58F2N6O8. The molecule has 3 N–H and O–H groups in total. The molecule has 322 valence electrons. The fraction of sp³-hybridized carbons (Fsp3) is 0.512. The van der Waals surface area contributed by atoms with Crippen LogP contribution in [0.2, 0.25) is 0 Å². The summed E-state index contributed by atoms with van der Waals surface area (Å²) >= 11 is 0. The van der Waals surface area contributed by atoms with E-state index >= 15 is 4.39 Å². The summed E-state index contributed by atoms with van der Waals surface area (Å²) in [6.07, 6.45) is 4.43. The molecule has 4 rings (SSSR count). The Balaban J connectivity index is 1.28. The Labute approximate surface area is 345 Å². The summed E-state index contributed by atoms with van der Waals surface area (Å²) in [5.74, 6) is -1.39. The molecule has 2 atom stereocenters. The van der Waals surface area contributed by atoms with Gasteiger partial charge < -0.3 is 39.5 Å². The van der Waals surface area contributed by atoms with E-state index < -0.39 is 35.9 Å². The van der Waals surface area contributed by atoms with Crippen molar-refractivity contribution in [2.75, 3.05) is 79.2 Å². The number of halogens is 2. The van der Waals surface area contributed by atoms with Crippen molar-refractivity contribution in [2.45, 2.75) is 59.2 Å². The van der Waals surface area contributed by atoms with E-state index in [0.29, 0.717) is 50.1 Å². The third-order valence-corrected chi connectivity index (χ3v) is 9.42. The Morgan fingerprint density at radius 2 is 1.51 bits per heavy atom. The first kappa shape index (κ1) is 46.8. The highest BCUT2D eigenvalue weighted by Crippen LogP contribution is 2.39. The van der Waals surface area contributed by atoms with Crippen LogP contribution in [-0.4, -0.2) is 128 Å². The standard InChI is InChI=1S/C43H58F2N6O8/c1-31-10-11-35(45)34(26-31)36-30-49(29-32-8-6-5-7-9-32)42(48-36)41(43(2,3)4)51(16-14-33(46)27-44)40(55)28-47-37(52)15-18-56-20-22-58-24-25-59-23-21-57-19-17-50-38(53)12-13-39(50)54/h5-13,26,30,33,41H,14-25,27-29,46H2,1-4H3,(H,47,52). The molecule has 1 aromatic heterocycles. The van der Waals surface area contributed by atoms with E-state index in [-0.39, 0.29) is 76.6 Å². The van der Waals surface area contributed by atoms with E-state index in [1.807, 2.05) is 62.6 Å². The van der Waals surface area contributed by atoms with Crippen molar-refractivity contribution in [2.24, 2.45) is 11.1 Å². The molecule has 0 bridgehead atoms. The molecule has 1 aliphatic rings. The third-order valence-electron chi connectivity index (χ3n) is 9.42. The van der Waals surface area contributed by atoms with Crippen LogP contribution >= 0.6 is 0 Å². The number of aromatic nitrogens is 2. The second-order valence-electron chi connectivity index (χ2n) is 15.3. The Morgan fingerprint density at radius 1 is 0.898 bits per heavy atom. The molecule has 0 fully saturated rings. The van der Waals surface area contributed by atoms with Gasteiger partial charge in [0, 0.05) is 49.5 Å². The van der Waals surface area contributed by atoms with E-state index in [4.69, 9.17) is 29.7 Å². The number of carbonyl (C=O) groups excluding carboxylic acids is 4. The zero-order valence-electron chi connectivity index (χ0n) is 34.5. The van der Waals surface area contributed by atoms with Crippen molar-refractivity contribution >= 4 is 23.6 Å². The molecule has 0 saturated carbocycles. The topological polar surface area (TPSA) is 168 Å². The number of hydrogen-bond acceptors (Lipinski definition) is 10. The molecule has 1 aliphatic heterocycles. The lowest BCUT2D eigenvalue weighted by Crippen LogP contribution is -2.48. The molecule has 0 saturated heterocycles. The Bertz CT molecular complexity index is 1830. The average molecular weight is 825 g/mol. The van der Waals surface area contributed by atoms with Gasteiger partial charge in [0.15, 0.2) is 0 Å². The lowest BCUT2D eigenvalue weighted by molar-refractivity contribution is -0.138. The van der Waals surface area contributed by atoms with Crippen molar-refractivity contribution in [3.8, 4) is 11.3 Å². The molecule has 16 heteroatoms. The molecule has 2 heterocycles. The van der Waals surface area contributed by atoms with Gasteiger partial charge in [0.1, 0.15) is 18.3 Å². The van der Waals surface area contributed by atoms with Gasteiger partial charge in [-0.05, 0) is 36.5 Å². The minimum Gasteiger partial charge on any atom is -0.379 e. The van der Waals surface area contributed by atoms with E-state index in [0.717, 1.165) is 16.0 Å². The largest absolute Gasteiger partial charge is 0.379 e. The number of carbonyl (C=O) groups is 4. The van der Waals surface area contributed by atoms with E-state index in [9.17, 15) is 23.6 Å². The van der Waals surface area contributed by atoms with Crippen molar-refractivity contribution in [1.82, 2.24) is 24.7 Å². The smallest absolute Gasteiger partial charge is 0.253 e. The van der Waals surface area contributed by atoms with Crippen molar-refractivity contribution in [3.05, 3.63) is 89.6 Å². The highest BCUT2D eigenvalue weighted by molar-refractivity contribution is 6.12. The van der Waals surface area contributed by atoms with Gasteiger partial charge in [-0.25, -0.2) is 13.8 Å². The number of alkyl halides is 1. The lowest BCUT2D eigenvalue weighted by Gasteiger charge is -2.40. The van der Waals surface area contributed by atoms with Crippen LogP contribution in [0.5, 0.6) is 0 Å². The first-order chi connectivity index (χ1) is 28.3. The molecule has 0 radical (unpaired) electrons. The van der Waals surface area contributed by atoms with Gasteiger partial charge in [-0.1, -0.05) is 62.7 Å². The summed E-state index contributed by atoms with van der Waals surface area (Å²) in [5, 5.41) is 2.70. The second-order valence-corrected chi connectivity index (χ2v) is 15.3. The summed E-state index contributed by atoms with van der Waals surface area (Å²) in [6, 6.07) is 13.1. The van der Waals surface area contributed by atoms with Gasteiger partial charge in [-0.3, -0.25) is 24.1 Å². The van der Waals surface area contributed by atoms with Gasteiger partial charge in [0.2, 0.25) is 11.8 Å². The van der Waals surface area contributed by atoms with Gasteiger partial charge in [0.25, 0.3) is 11.8 Å². The SMILES string of the molecule is Cc1ccc(F)c(-c2cn(Cc3ccccc3)c(C(N(CCC(N)CF)C(=O)CNC(=O)CCOCCOCCOCCOCCN3C(=O)C=CC3=O)C(C)(C)C)n2)c1. The number of nitrogens with one attached hydrogen (secondary N) is 1. The number of nitrogens with zero attached hydrogens (tertiary/aromatic N) is 4. The van der Waals surface area contributed by atoms with Crippen molar-refractivity contribution in [3.63, 3.8) is 0 Å². The molecule has 2 unspecified atom stereocenters. The summed E-state index contributed by atoms with van der Waals surface area (Å²) < 4.78 is 52.6. The van der Waals surface area contributed by atoms with Crippen LogP contribution in [0, 0.1) is 18.2 Å². The van der Waals surface area contributed by atoms with Crippen LogP contribution in [0.1, 0.15) is 56.6 Å². The predicted octanol–water partition coefficient (Wildman–Crippen LogP) is 4.15. The molecular weight excluding hydrogens is 767 g/mol. The molecule has 59 heavy (non-hydrogen) atoms. The van der Waals surface area contributed by atoms with Crippen LogP contribution in [0.25, 0.3) is 11.3 Å². The number of rotatable bonds is 26. The molecule has 0 spiro atoms. The highest BCUT2D eigenvalue weighted by atomic mass is 19.1. The minimum absolute atomic E-state index is 0.00923.